The summed E-state index contributed by atoms with van der Waals surface area (Å²) in [5, 5.41) is 13.1. The molecular weight excluding hydrogens is 162 g/mol. The lowest BCUT2D eigenvalue weighted by Crippen LogP contribution is -2.43. The maximum Gasteiger partial charge on any atom is 0.0693 e. The van der Waals surface area contributed by atoms with Gasteiger partial charge in [-0.3, -0.25) is 0 Å². The van der Waals surface area contributed by atoms with Crippen LogP contribution in [0.1, 0.15) is 38.5 Å². The van der Waals surface area contributed by atoms with Crippen LogP contribution in [-0.2, 0) is 0 Å². The van der Waals surface area contributed by atoms with Crippen LogP contribution in [-0.4, -0.2) is 23.8 Å². The number of aliphatic hydroxyl groups is 1. The molecule has 2 heteroatoms. The minimum absolute atomic E-state index is 0.200. The number of hydrogen-bond donors (Lipinski definition) is 2. The van der Waals surface area contributed by atoms with Crippen LogP contribution in [0.3, 0.4) is 0 Å². The van der Waals surface area contributed by atoms with Crippen molar-refractivity contribution in [2.75, 3.05) is 6.54 Å². The Morgan fingerprint density at radius 1 is 1.54 bits per heavy atom. The van der Waals surface area contributed by atoms with Gasteiger partial charge >= 0.3 is 0 Å². The summed E-state index contributed by atoms with van der Waals surface area (Å²) in [4.78, 5) is 0. The Labute approximate surface area is 80.7 Å². The topological polar surface area (TPSA) is 32.3 Å². The highest BCUT2D eigenvalue weighted by atomic mass is 16.3. The Morgan fingerprint density at radius 2 is 2.38 bits per heavy atom. The van der Waals surface area contributed by atoms with Crippen molar-refractivity contribution in [1.29, 1.82) is 0 Å². The minimum Gasteiger partial charge on any atom is -0.392 e. The van der Waals surface area contributed by atoms with Gasteiger partial charge < -0.3 is 10.4 Å². The zero-order valence-electron chi connectivity index (χ0n) is 8.13. The van der Waals surface area contributed by atoms with E-state index in [2.05, 4.69) is 11.2 Å². The van der Waals surface area contributed by atoms with Gasteiger partial charge in [0, 0.05) is 12.5 Å². The predicted molar refractivity (Wildman–Crippen MR) is 54.3 cm³/mol. The van der Waals surface area contributed by atoms with Gasteiger partial charge in [-0.1, -0.05) is 6.42 Å². The second-order valence-electron chi connectivity index (χ2n) is 3.72. The van der Waals surface area contributed by atoms with Crippen molar-refractivity contribution in [3.05, 3.63) is 0 Å². The predicted octanol–water partition coefficient (Wildman–Crippen LogP) is 1.29. The van der Waals surface area contributed by atoms with Crippen LogP contribution in [0.4, 0.5) is 0 Å². The molecular formula is C11H19NO. The second-order valence-corrected chi connectivity index (χ2v) is 3.72. The minimum atomic E-state index is -0.200. The standard InChI is InChI=1S/C11H19NO/c1-2-3-4-8-11(13)10-7-5-6-9-12-10/h1,10-13H,3-9H2. The first kappa shape index (κ1) is 10.6. The molecule has 0 aromatic carbocycles. The fourth-order valence-corrected chi connectivity index (χ4v) is 1.82. The molecule has 0 amide bonds. The molecule has 1 heterocycles. The lowest BCUT2D eigenvalue weighted by atomic mass is 9.96. The van der Waals surface area contributed by atoms with Crippen molar-refractivity contribution in [2.24, 2.45) is 0 Å². The lowest BCUT2D eigenvalue weighted by molar-refractivity contribution is 0.103. The molecule has 2 atom stereocenters. The Hall–Kier alpha value is -0.520. The third-order valence-electron chi connectivity index (χ3n) is 2.63. The summed E-state index contributed by atoms with van der Waals surface area (Å²) in [6.45, 7) is 1.05. The number of nitrogens with one attached hydrogen (secondary N) is 1. The lowest BCUT2D eigenvalue weighted by Gasteiger charge is -2.27. The number of hydrogen-bond acceptors (Lipinski definition) is 2. The maximum atomic E-state index is 9.77. The van der Waals surface area contributed by atoms with Crippen molar-refractivity contribution in [1.82, 2.24) is 5.32 Å². The molecule has 2 N–H and O–H groups in total. The highest BCUT2D eigenvalue weighted by Crippen LogP contribution is 2.14. The fraction of sp³-hybridized carbons (Fsp3) is 0.818. The smallest absolute Gasteiger partial charge is 0.0693 e. The molecule has 1 aliphatic heterocycles. The van der Waals surface area contributed by atoms with Crippen molar-refractivity contribution in [3.63, 3.8) is 0 Å². The highest BCUT2D eigenvalue weighted by Gasteiger charge is 2.20. The number of terminal acetylenes is 1. The van der Waals surface area contributed by atoms with E-state index >= 15 is 0 Å². The summed E-state index contributed by atoms with van der Waals surface area (Å²) >= 11 is 0. The van der Waals surface area contributed by atoms with Gasteiger partial charge in [-0.05, 0) is 32.2 Å². The van der Waals surface area contributed by atoms with Crippen molar-refractivity contribution in [3.8, 4) is 12.3 Å². The normalized spacial score (nSPS) is 25.1. The van der Waals surface area contributed by atoms with Crippen LogP contribution in [0, 0.1) is 12.3 Å². The Kier molecular flexibility index (Phi) is 4.88. The highest BCUT2D eigenvalue weighted by molar-refractivity contribution is 4.85. The summed E-state index contributed by atoms with van der Waals surface area (Å²) in [7, 11) is 0. The molecule has 2 unspecified atom stereocenters. The average molecular weight is 181 g/mol. The van der Waals surface area contributed by atoms with Crippen molar-refractivity contribution >= 4 is 0 Å². The summed E-state index contributed by atoms with van der Waals surface area (Å²) in [6, 6.07) is 0.312. The molecule has 0 aromatic heterocycles. The molecule has 2 nitrogen and oxygen atoms in total. The van der Waals surface area contributed by atoms with Crippen LogP contribution in [0.25, 0.3) is 0 Å². The molecule has 0 aliphatic carbocycles. The van der Waals surface area contributed by atoms with Crippen molar-refractivity contribution < 1.29 is 5.11 Å². The van der Waals surface area contributed by atoms with Crippen LogP contribution in [0.5, 0.6) is 0 Å². The number of aliphatic hydroxyl groups excluding tert-OH is 1. The zero-order valence-corrected chi connectivity index (χ0v) is 8.13. The summed E-state index contributed by atoms with van der Waals surface area (Å²) in [6.07, 6.45) is 11.1. The zero-order chi connectivity index (χ0) is 9.52. The van der Waals surface area contributed by atoms with E-state index in [1.807, 2.05) is 0 Å². The van der Waals surface area contributed by atoms with E-state index in [1.54, 1.807) is 0 Å². The Balaban J connectivity index is 2.14. The molecule has 1 saturated heterocycles. The monoisotopic (exact) mass is 181 g/mol. The average Bonchev–Trinajstić information content (AvgIpc) is 2.19. The molecule has 74 valence electrons. The fourth-order valence-electron chi connectivity index (χ4n) is 1.82. The van der Waals surface area contributed by atoms with Crippen LogP contribution in [0.15, 0.2) is 0 Å². The number of rotatable bonds is 4. The summed E-state index contributed by atoms with van der Waals surface area (Å²) < 4.78 is 0. The first-order valence-electron chi connectivity index (χ1n) is 5.19. The van der Waals surface area contributed by atoms with Gasteiger partial charge in [0.2, 0.25) is 0 Å². The largest absolute Gasteiger partial charge is 0.392 e. The van der Waals surface area contributed by atoms with E-state index in [0.29, 0.717) is 6.04 Å². The van der Waals surface area contributed by atoms with E-state index in [4.69, 9.17) is 6.42 Å². The van der Waals surface area contributed by atoms with Gasteiger partial charge in [0.05, 0.1) is 6.10 Å². The van der Waals surface area contributed by atoms with E-state index in [1.165, 1.54) is 12.8 Å². The second kappa shape index (κ2) is 6.01. The Morgan fingerprint density at radius 3 is 3.00 bits per heavy atom. The molecule has 0 radical (unpaired) electrons. The molecule has 1 aliphatic rings. The van der Waals surface area contributed by atoms with Crippen molar-refractivity contribution in [2.45, 2.75) is 50.7 Å². The Bertz CT molecular complexity index is 167. The third kappa shape index (κ3) is 3.80. The van der Waals surface area contributed by atoms with Gasteiger partial charge in [0.25, 0.3) is 0 Å². The summed E-state index contributed by atoms with van der Waals surface area (Å²) in [5.74, 6) is 2.59. The first-order valence-corrected chi connectivity index (χ1v) is 5.19. The van der Waals surface area contributed by atoms with Gasteiger partial charge in [0.15, 0.2) is 0 Å². The van der Waals surface area contributed by atoms with E-state index in [0.717, 1.165) is 32.2 Å². The molecule has 13 heavy (non-hydrogen) atoms. The van der Waals surface area contributed by atoms with E-state index in [-0.39, 0.29) is 6.10 Å². The SMILES string of the molecule is C#CCCCC(O)C1CCCCN1. The first-order chi connectivity index (χ1) is 6.34. The van der Waals surface area contributed by atoms with Gasteiger partial charge in [-0.25, -0.2) is 0 Å². The van der Waals surface area contributed by atoms with Gasteiger partial charge in [0.1, 0.15) is 0 Å². The quantitative estimate of drug-likeness (QED) is 0.506. The summed E-state index contributed by atoms with van der Waals surface area (Å²) in [5.41, 5.74) is 0. The van der Waals surface area contributed by atoms with Gasteiger partial charge in [-0.2, -0.15) is 0 Å². The van der Waals surface area contributed by atoms with Crippen LogP contribution >= 0.6 is 0 Å². The third-order valence-corrected chi connectivity index (χ3v) is 2.63. The van der Waals surface area contributed by atoms with Crippen LogP contribution in [0.2, 0.25) is 0 Å². The number of piperidine rings is 1. The van der Waals surface area contributed by atoms with Gasteiger partial charge in [-0.15, -0.1) is 12.3 Å². The molecule has 1 fully saturated rings. The van der Waals surface area contributed by atoms with E-state index < -0.39 is 0 Å². The number of unbranched alkanes of at least 4 members (excludes halogenated alkanes) is 1. The van der Waals surface area contributed by atoms with E-state index in [9.17, 15) is 5.11 Å². The molecule has 0 aromatic rings. The maximum absolute atomic E-state index is 9.77. The van der Waals surface area contributed by atoms with Crippen LogP contribution < -0.4 is 5.32 Å². The molecule has 0 saturated carbocycles. The molecule has 0 spiro atoms. The molecule has 0 bridgehead atoms. The molecule has 1 rings (SSSR count).